The van der Waals surface area contributed by atoms with E-state index >= 15 is 0 Å². The first-order chi connectivity index (χ1) is 16.0. The second-order valence-electron chi connectivity index (χ2n) is 8.98. The Morgan fingerprint density at radius 2 is 2.06 bits per heavy atom. The Kier molecular flexibility index (Phi) is 7.24. The third-order valence-electron chi connectivity index (χ3n) is 6.60. The minimum absolute atomic E-state index is 0.0129. The van der Waals surface area contributed by atoms with Crippen molar-refractivity contribution in [2.24, 2.45) is 13.0 Å². The van der Waals surface area contributed by atoms with Gasteiger partial charge in [0.05, 0.1) is 12.9 Å². The maximum absolute atomic E-state index is 13.3. The van der Waals surface area contributed by atoms with E-state index in [-0.39, 0.29) is 23.9 Å². The molecule has 1 amide bonds. The number of fused-ring (bicyclic) bond motifs is 4. The molecule has 3 aliphatic heterocycles. The van der Waals surface area contributed by atoms with E-state index < -0.39 is 0 Å². The lowest BCUT2D eigenvalue weighted by atomic mass is 9.83. The molecule has 178 valence electrons. The number of carboxylic acid groups (broad SMARTS) is 1. The summed E-state index contributed by atoms with van der Waals surface area (Å²) in [5.41, 5.74) is 2.56. The fourth-order valence-electron chi connectivity index (χ4n) is 5.16. The molecule has 2 bridgehead atoms. The van der Waals surface area contributed by atoms with Crippen molar-refractivity contribution in [2.45, 2.75) is 31.8 Å². The van der Waals surface area contributed by atoms with Gasteiger partial charge in [-0.2, -0.15) is 0 Å². The summed E-state index contributed by atoms with van der Waals surface area (Å²) in [6, 6.07) is 4.11. The highest BCUT2D eigenvalue weighted by molar-refractivity contribution is 5.92. The van der Waals surface area contributed by atoms with Crippen molar-refractivity contribution in [3.8, 4) is 0 Å². The Labute approximate surface area is 192 Å². The highest BCUT2D eigenvalue weighted by Gasteiger charge is 2.37. The molecule has 0 radical (unpaired) electrons. The lowest BCUT2D eigenvalue weighted by Crippen LogP contribution is -2.49. The fraction of sp³-hybridized carbons (Fsp3) is 0.565. The van der Waals surface area contributed by atoms with Gasteiger partial charge in [-0.05, 0) is 24.8 Å². The van der Waals surface area contributed by atoms with Crippen LogP contribution in [0.15, 0.2) is 29.5 Å². The number of nitrogens with zero attached hydrogens (tertiary/aromatic N) is 5. The van der Waals surface area contributed by atoms with Crippen LogP contribution in [0.4, 0.5) is 0 Å². The van der Waals surface area contributed by atoms with Crippen LogP contribution in [0.2, 0.25) is 0 Å². The molecule has 2 fully saturated rings. The number of pyridine rings is 1. The second-order valence-corrected chi connectivity index (χ2v) is 8.98. The minimum Gasteiger partial charge on any atom is -0.483 e. The van der Waals surface area contributed by atoms with E-state index in [1.54, 1.807) is 17.1 Å². The van der Waals surface area contributed by atoms with Crippen LogP contribution >= 0.6 is 0 Å². The van der Waals surface area contributed by atoms with Crippen molar-refractivity contribution >= 4 is 12.4 Å². The predicted octanol–water partition coefficient (Wildman–Crippen LogP) is 0.764. The molecule has 3 aliphatic rings. The van der Waals surface area contributed by atoms with Crippen molar-refractivity contribution in [3.05, 3.63) is 52.0 Å². The minimum atomic E-state index is -0.250. The van der Waals surface area contributed by atoms with Crippen LogP contribution in [-0.2, 0) is 29.7 Å². The SMILES string of the molecule is Cn1cnc(C(=O)N2C[C@@H]3C[C@H](C2)c2ccc(CN4CCCOCC4)c(=O)n2C3)c1.O=CO. The van der Waals surface area contributed by atoms with Crippen molar-refractivity contribution in [2.75, 3.05) is 39.4 Å². The number of ether oxygens (including phenoxy) is 1. The number of rotatable bonds is 3. The smallest absolute Gasteiger partial charge is 0.290 e. The van der Waals surface area contributed by atoms with E-state index in [0.29, 0.717) is 37.8 Å². The number of carbonyl (C=O) groups is 2. The zero-order valence-electron chi connectivity index (χ0n) is 18.9. The van der Waals surface area contributed by atoms with Crippen LogP contribution in [0.5, 0.6) is 0 Å². The van der Waals surface area contributed by atoms with Crippen LogP contribution in [-0.4, -0.2) is 80.8 Å². The predicted molar refractivity (Wildman–Crippen MR) is 120 cm³/mol. The van der Waals surface area contributed by atoms with Crippen LogP contribution in [0, 0.1) is 5.92 Å². The lowest BCUT2D eigenvalue weighted by molar-refractivity contribution is -0.122. The van der Waals surface area contributed by atoms with Crippen LogP contribution in [0.3, 0.4) is 0 Å². The van der Waals surface area contributed by atoms with Gasteiger partial charge in [0.25, 0.3) is 17.9 Å². The zero-order valence-corrected chi connectivity index (χ0v) is 18.9. The molecule has 10 nitrogen and oxygen atoms in total. The summed E-state index contributed by atoms with van der Waals surface area (Å²) in [6.07, 6.45) is 5.47. The molecule has 2 aromatic rings. The zero-order chi connectivity index (χ0) is 23.4. The quantitative estimate of drug-likeness (QED) is 0.678. The second kappa shape index (κ2) is 10.3. The summed E-state index contributed by atoms with van der Waals surface area (Å²) in [7, 11) is 1.87. The molecule has 0 aromatic carbocycles. The Hall–Kier alpha value is -2.98. The van der Waals surface area contributed by atoms with Gasteiger partial charge in [0.2, 0.25) is 0 Å². The molecule has 0 spiro atoms. The molecule has 5 heterocycles. The third-order valence-corrected chi connectivity index (χ3v) is 6.60. The normalized spacial score (nSPS) is 22.5. The first-order valence-corrected chi connectivity index (χ1v) is 11.4. The van der Waals surface area contributed by atoms with Gasteiger partial charge in [-0.3, -0.25) is 19.3 Å². The van der Waals surface area contributed by atoms with Crippen LogP contribution in [0.1, 0.15) is 40.5 Å². The Balaban J connectivity index is 0.000000821. The van der Waals surface area contributed by atoms with E-state index in [4.69, 9.17) is 14.6 Å². The van der Waals surface area contributed by atoms with Gasteiger partial charge in [-0.15, -0.1) is 0 Å². The van der Waals surface area contributed by atoms with Crippen molar-refractivity contribution in [1.82, 2.24) is 23.9 Å². The Morgan fingerprint density at radius 1 is 1.24 bits per heavy atom. The topological polar surface area (TPSA) is 110 Å². The molecule has 33 heavy (non-hydrogen) atoms. The third kappa shape index (κ3) is 5.17. The molecule has 1 N–H and O–H groups in total. The highest BCUT2D eigenvalue weighted by atomic mass is 16.5. The maximum atomic E-state index is 13.3. The van der Waals surface area contributed by atoms with Crippen LogP contribution < -0.4 is 5.56 Å². The van der Waals surface area contributed by atoms with Gasteiger partial charge in [0, 0.05) is 76.3 Å². The number of hydrogen-bond acceptors (Lipinski definition) is 6. The van der Waals surface area contributed by atoms with Crippen molar-refractivity contribution in [1.29, 1.82) is 0 Å². The molecule has 2 atom stereocenters. The van der Waals surface area contributed by atoms with E-state index in [1.165, 1.54) is 0 Å². The van der Waals surface area contributed by atoms with Gasteiger partial charge < -0.3 is 23.9 Å². The highest BCUT2D eigenvalue weighted by Crippen LogP contribution is 2.35. The fourth-order valence-corrected chi connectivity index (χ4v) is 5.16. The largest absolute Gasteiger partial charge is 0.483 e. The number of amides is 1. The summed E-state index contributed by atoms with van der Waals surface area (Å²) in [6.45, 7) is 5.83. The van der Waals surface area contributed by atoms with Gasteiger partial charge in [0.15, 0.2) is 0 Å². The Bertz CT molecular complexity index is 1040. The number of aryl methyl sites for hydroxylation is 1. The summed E-state index contributed by atoms with van der Waals surface area (Å²) in [5.74, 6) is 0.503. The number of imidazole rings is 1. The first kappa shape index (κ1) is 23.2. The molecule has 0 unspecified atom stereocenters. The lowest BCUT2D eigenvalue weighted by Gasteiger charge is -2.42. The number of piperidine rings is 1. The number of likely N-dealkylation sites (tertiary alicyclic amines) is 1. The molecule has 5 rings (SSSR count). The van der Waals surface area contributed by atoms with E-state index in [0.717, 1.165) is 50.4 Å². The van der Waals surface area contributed by atoms with Gasteiger partial charge in [0.1, 0.15) is 5.69 Å². The standard InChI is InChI=1S/C22H29N5O3.CH2O2/c1-24-14-19(23-15-24)22(29)26-10-16-9-18(13-26)20-4-3-17(21(28)27(20)11-16)12-25-5-2-7-30-8-6-25;2-1-3/h3-4,14-16,18H,2,5-13H2,1H3;1H,(H,2,3)/t16-,18+;/m0./s1. The average Bonchev–Trinajstić information content (AvgIpc) is 3.07. The van der Waals surface area contributed by atoms with Crippen LogP contribution in [0.25, 0.3) is 0 Å². The maximum Gasteiger partial charge on any atom is 0.290 e. The van der Waals surface area contributed by atoms with E-state index in [2.05, 4.69) is 16.0 Å². The summed E-state index contributed by atoms with van der Waals surface area (Å²) < 4.78 is 9.31. The molecular formula is C23H31N5O5. The van der Waals surface area contributed by atoms with E-state index in [1.807, 2.05) is 22.6 Å². The first-order valence-electron chi connectivity index (χ1n) is 11.4. The van der Waals surface area contributed by atoms with E-state index in [9.17, 15) is 9.59 Å². The number of aromatic nitrogens is 3. The number of hydrogen-bond donors (Lipinski definition) is 1. The summed E-state index contributed by atoms with van der Waals surface area (Å²) >= 11 is 0. The molecule has 2 aromatic heterocycles. The van der Waals surface area contributed by atoms with Crippen molar-refractivity contribution < 1.29 is 19.4 Å². The van der Waals surface area contributed by atoms with Gasteiger partial charge >= 0.3 is 0 Å². The monoisotopic (exact) mass is 457 g/mol. The average molecular weight is 458 g/mol. The Morgan fingerprint density at radius 3 is 2.82 bits per heavy atom. The molecular weight excluding hydrogens is 426 g/mol. The van der Waals surface area contributed by atoms with Gasteiger partial charge in [-0.1, -0.05) is 6.07 Å². The summed E-state index contributed by atoms with van der Waals surface area (Å²) in [4.78, 5) is 43.0. The van der Waals surface area contributed by atoms with Gasteiger partial charge in [-0.25, -0.2) is 4.98 Å². The summed E-state index contributed by atoms with van der Waals surface area (Å²) in [5, 5.41) is 6.89. The van der Waals surface area contributed by atoms with Crippen molar-refractivity contribution in [3.63, 3.8) is 0 Å². The molecule has 10 heteroatoms. The molecule has 2 saturated heterocycles. The number of carbonyl (C=O) groups excluding carboxylic acids is 1. The molecule has 0 aliphatic carbocycles. The molecule has 0 saturated carbocycles.